The average molecular weight is 260 g/mol. The molecule has 0 aliphatic heterocycles. The third-order valence-electron chi connectivity index (χ3n) is 2.37. The maximum Gasteiger partial charge on any atom is 0.326 e. The van der Waals surface area contributed by atoms with E-state index in [2.05, 4.69) is 5.32 Å². The Balaban J connectivity index is 3.88. The van der Waals surface area contributed by atoms with Gasteiger partial charge in [-0.3, -0.25) is 9.59 Å². The maximum absolute atomic E-state index is 11.4. The summed E-state index contributed by atoms with van der Waals surface area (Å²) in [5.41, 5.74) is 5.32. The molecule has 0 saturated heterocycles. The number of unbranched alkanes of at least 4 members (excludes halogenated alkanes) is 3. The molecule has 0 spiro atoms. The highest BCUT2D eigenvalue weighted by Gasteiger charge is 2.22. The van der Waals surface area contributed by atoms with Crippen molar-refractivity contribution < 1.29 is 24.6 Å². The van der Waals surface area contributed by atoms with Gasteiger partial charge in [0.1, 0.15) is 6.04 Å². The quantitative estimate of drug-likeness (QED) is 0.407. The van der Waals surface area contributed by atoms with E-state index >= 15 is 0 Å². The third-order valence-corrected chi connectivity index (χ3v) is 2.37. The lowest BCUT2D eigenvalue weighted by atomic mass is 10.1. The highest BCUT2D eigenvalue weighted by atomic mass is 16.4. The van der Waals surface area contributed by atoms with Gasteiger partial charge in [-0.1, -0.05) is 12.8 Å². The Bertz CT molecular complexity index is 293. The van der Waals surface area contributed by atoms with E-state index in [1.807, 2.05) is 0 Å². The summed E-state index contributed by atoms with van der Waals surface area (Å²) < 4.78 is 0. The van der Waals surface area contributed by atoms with Gasteiger partial charge in [-0.05, 0) is 19.4 Å². The lowest BCUT2D eigenvalue weighted by Crippen LogP contribution is -2.42. The van der Waals surface area contributed by atoms with Gasteiger partial charge in [-0.25, -0.2) is 4.79 Å². The zero-order valence-electron chi connectivity index (χ0n) is 10.2. The largest absolute Gasteiger partial charge is 0.481 e. The molecule has 0 aliphatic rings. The van der Waals surface area contributed by atoms with Gasteiger partial charge in [0.05, 0.1) is 6.42 Å². The van der Waals surface area contributed by atoms with E-state index in [-0.39, 0.29) is 6.42 Å². The van der Waals surface area contributed by atoms with E-state index in [9.17, 15) is 14.4 Å². The van der Waals surface area contributed by atoms with Crippen molar-refractivity contribution in [1.29, 1.82) is 0 Å². The Morgan fingerprint density at radius 1 is 1.06 bits per heavy atom. The average Bonchev–Trinajstić information content (AvgIpc) is 2.27. The van der Waals surface area contributed by atoms with Crippen molar-refractivity contribution in [2.24, 2.45) is 5.73 Å². The minimum absolute atomic E-state index is 0.202. The van der Waals surface area contributed by atoms with Crippen LogP contribution in [0.5, 0.6) is 0 Å². The van der Waals surface area contributed by atoms with Gasteiger partial charge in [0, 0.05) is 6.42 Å². The molecule has 0 aliphatic carbocycles. The number of hydrogen-bond donors (Lipinski definition) is 4. The number of carbonyl (C=O) groups is 3. The van der Waals surface area contributed by atoms with Gasteiger partial charge in [-0.2, -0.15) is 0 Å². The molecule has 0 aromatic heterocycles. The Morgan fingerprint density at radius 3 is 2.17 bits per heavy atom. The molecule has 0 rings (SSSR count). The first-order valence-electron chi connectivity index (χ1n) is 5.91. The summed E-state index contributed by atoms with van der Waals surface area (Å²) >= 11 is 0. The maximum atomic E-state index is 11.4. The number of nitrogens with one attached hydrogen (secondary N) is 1. The summed E-state index contributed by atoms with van der Waals surface area (Å²) in [5.74, 6) is -3.03. The highest BCUT2D eigenvalue weighted by molar-refractivity contribution is 5.86. The molecule has 1 atom stereocenters. The fourth-order valence-corrected chi connectivity index (χ4v) is 1.42. The number of hydrogen-bond acceptors (Lipinski definition) is 4. The molecule has 0 aromatic rings. The zero-order valence-corrected chi connectivity index (χ0v) is 10.2. The van der Waals surface area contributed by atoms with Crippen LogP contribution in [0.3, 0.4) is 0 Å². The number of nitrogens with two attached hydrogens (primary N) is 1. The van der Waals surface area contributed by atoms with E-state index in [1.165, 1.54) is 0 Å². The molecular formula is C11H20N2O5. The van der Waals surface area contributed by atoms with E-state index < -0.39 is 30.3 Å². The van der Waals surface area contributed by atoms with Gasteiger partial charge >= 0.3 is 11.9 Å². The molecule has 0 fully saturated rings. The van der Waals surface area contributed by atoms with Crippen molar-refractivity contribution in [3.05, 3.63) is 0 Å². The summed E-state index contributed by atoms with van der Waals surface area (Å²) in [6, 6.07) is -1.36. The molecule has 7 heteroatoms. The van der Waals surface area contributed by atoms with E-state index in [0.29, 0.717) is 13.0 Å². The normalized spacial score (nSPS) is 11.8. The van der Waals surface area contributed by atoms with Crippen molar-refractivity contribution in [2.45, 2.75) is 44.6 Å². The van der Waals surface area contributed by atoms with Gasteiger partial charge < -0.3 is 21.3 Å². The second-order valence-electron chi connectivity index (χ2n) is 4.01. The van der Waals surface area contributed by atoms with Crippen LogP contribution in [0.25, 0.3) is 0 Å². The Kier molecular flexibility index (Phi) is 8.55. The first-order chi connectivity index (χ1) is 8.47. The monoisotopic (exact) mass is 260 g/mol. The van der Waals surface area contributed by atoms with Crippen LogP contribution in [0.1, 0.15) is 38.5 Å². The fraction of sp³-hybridized carbons (Fsp3) is 0.727. The molecule has 0 aromatic carbocycles. The minimum Gasteiger partial charge on any atom is -0.481 e. The molecule has 18 heavy (non-hydrogen) atoms. The van der Waals surface area contributed by atoms with Crippen molar-refractivity contribution in [3.63, 3.8) is 0 Å². The highest BCUT2D eigenvalue weighted by Crippen LogP contribution is 2.03. The van der Waals surface area contributed by atoms with Crippen molar-refractivity contribution in [1.82, 2.24) is 5.32 Å². The van der Waals surface area contributed by atoms with Crippen molar-refractivity contribution in [2.75, 3.05) is 6.54 Å². The van der Waals surface area contributed by atoms with Gasteiger partial charge in [0.2, 0.25) is 5.91 Å². The molecule has 0 radical (unpaired) electrons. The number of carboxylic acid groups (broad SMARTS) is 2. The number of aliphatic carboxylic acids is 2. The smallest absolute Gasteiger partial charge is 0.326 e. The van der Waals surface area contributed by atoms with Gasteiger partial charge in [-0.15, -0.1) is 0 Å². The SMILES string of the molecule is NCCCCCCC(=O)NC(CC(=O)O)C(=O)O. The summed E-state index contributed by atoms with van der Waals surface area (Å²) in [7, 11) is 0. The van der Waals surface area contributed by atoms with Crippen LogP contribution in [0.15, 0.2) is 0 Å². The lowest BCUT2D eigenvalue weighted by Gasteiger charge is -2.12. The molecule has 7 nitrogen and oxygen atoms in total. The van der Waals surface area contributed by atoms with E-state index in [1.54, 1.807) is 0 Å². The molecule has 0 heterocycles. The molecule has 5 N–H and O–H groups in total. The third kappa shape index (κ3) is 8.51. The molecule has 1 unspecified atom stereocenters. The molecular weight excluding hydrogens is 240 g/mol. The second kappa shape index (κ2) is 9.41. The fourth-order valence-electron chi connectivity index (χ4n) is 1.42. The summed E-state index contributed by atoms with van der Waals surface area (Å²) in [6.45, 7) is 0.617. The van der Waals surface area contributed by atoms with Crippen molar-refractivity contribution in [3.8, 4) is 0 Å². The number of carboxylic acids is 2. The number of carbonyl (C=O) groups excluding carboxylic acids is 1. The van der Waals surface area contributed by atoms with Crippen LogP contribution in [0, 0.1) is 0 Å². The zero-order chi connectivity index (χ0) is 14.0. The second-order valence-corrected chi connectivity index (χ2v) is 4.01. The summed E-state index contributed by atoms with van der Waals surface area (Å²) in [6.07, 6.45) is 2.91. The van der Waals surface area contributed by atoms with Crippen molar-refractivity contribution >= 4 is 17.8 Å². The van der Waals surface area contributed by atoms with E-state index in [0.717, 1.165) is 19.3 Å². The molecule has 1 amide bonds. The van der Waals surface area contributed by atoms with Crippen LogP contribution < -0.4 is 11.1 Å². The summed E-state index contributed by atoms with van der Waals surface area (Å²) in [5, 5.41) is 19.4. The summed E-state index contributed by atoms with van der Waals surface area (Å²) in [4.78, 5) is 32.5. The van der Waals surface area contributed by atoms with Crippen LogP contribution in [-0.2, 0) is 14.4 Å². The lowest BCUT2D eigenvalue weighted by molar-refractivity contribution is -0.147. The molecule has 104 valence electrons. The Labute approximate surface area is 105 Å². The van der Waals surface area contributed by atoms with Crippen LogP contribution >= 0.6 is 0 Å². The standard InChI is InChI=1S/C11H20N2O5/c12-6-4-2-1-3-5-9(14)13-8(11(17)18)7-10(15)16/h8H,1-7,12H2,(H,13,14)(H,15,16)(H,17,18). The molecule has 0 bridgehead atoms. The van der Waals surface area contributed by atoms with Crippen LogP contribution in [0.2, 0.25) is 0 Å². The molecule has 0 saturated carbocycles. The Morgan fingerprint density at radius 2 is 1.67 bits per heavy atom. The minimum atomic E-state index is -1.36. The predicted molar refractivity (Wildman–Crippen MR) is 64.0 cm³/mol. The van der Waals surface area contributed by atoms with Crippen LogP contribution in [-0.4, -0.2) is 40.6 Å². The first-order valence-corrected chi connectivity index (χ1v) is 5.91. The number of rotatable bonds is 10. The Hall–Kier alpha value is -1.63. The van der Waals surface area contributed by atoms with Crippen LogP contribution in [0.4, 0.5) is 0 Å². The van der Waals surface area contributed by atoms with Gasteiger partial charge in [0.15, 0.2) is 0 Å². The first kappa shape index (κ1) is 16.4. The predicted octanol–water partition coefficient (Wildman–Crippen LogP) is -0.0603. The van der Waals surface area contributed by atoms with Gasteiger partial charge in [0.25, 0.3) is 0 Å². The van der Waals surface area contributed by atoms with E-state index in [4.69, 9.17) is 15.9 Å². The topological polar surface area (TPSA) is 130 Å². The number of amides is 1.